The number of aryl methyl sites for hydroxylation is 2. The van der Waals surface area contributed by atoms with Crippen LogP contribution in [0.3, 0.4) is 0 Å². The molecule has 164 valence electrons. The zero-order chi connectivity index (χ0) is 22.1. The quantitative estimate of drug-likeness (QED) is 0.521. The number of nitrogens with two attached hydrogens (primary N) is 1. The Hall–Kier alpha value is -2.36. The van der Waals surface area contributed by atoms with Crippen LogP contribution in [-0.2, 0) is 10.6 Å². The molecule has 0 aliphatic carbocycles. The van der Waals surface area contributed by atoms with Crippen LogP contribution in [0.5, 0.6) is 5.75 Å². The maximum Gasteiger partial charge on any atom is 0.277 e. The molecule has 0 atom stereocenters. The van der Waals surface area contributed by atoms with Crippen LogP contribution in [-0.4, -0.2) is 39.8 Å². The molecule has 1 aromatic carbocycles. The third-order valence-electron chi connectivity index (χ3n) is 4.19. The first kappa shape index (κ1) is 23.9. The van der Waals surface area contributed by atoms with Crippen LogP contribution in [0.15, 0.2) is 27.9 Å². The average Bonchev–Trinajstić information content (AvgIpc) is 3.05. The summed E-state index contributed by atoms with van der Waals surface area (Å²) >= 11 is 1.24. The van der Waals surface area contributed by atoms with Crippen LogP contribution in [0, 0.1) is 6.92 Å². The van der Waals surface area contributed by atoms with Crippen molar-refractivity contribution < 1.29 is 8.92 Å². The van der Waals surface area contributed by atoms with Gasteiger partial charge in [-0.2, -0.15) is 0 Å². The first-order valence-corrected chi connectivity index (χ1v) is 10.9. The molecule has 0 fully saturated rings. The number of rotatable bonds is 8. The zero-order valence-electron chi connectivity index (χ0n) is 18.3. The highest BCUT2D eigenvalue weighted by molar-refractivity contribution is 7.94. The molecule has 0 aliphatic heterocycles. The standard InChI is InChI=1S/C18H22N4O3S.C3H9N/c1-5-7-15-19-11(3)16-18(23)20-17(21-22(15)16)13-10-12(26-24-4)8-9-14(13)25-6-2;1-2-3-4/h8-10H,5-7H2,1-4H3,(H,20,21,23);2-4H2,1H3. The molecule has 30 heavy (non-hydrogen) atoms. The highest BCUT2D eigenvalue weighted by atomic mass is 32.2. The second-order valence-corrected chi connectivity index (χ2v) is 7.53. The summed E-state index contributed by atoms with van der Waals surface area (Å²) in [6.45, 7) is 9.21. The molecule has 0 amide bonds. The molecule has 9 heteroatoms. The van der Waals surface area contributed by atoms with E-state index in [4.69, 9.17) is 14.7 Å². The molecule has 0 saturated carbocycles. The van der Waals surface area contributed by atoms with Gasteiger partial charge in [-0.05, 0) is 51.4 Å². The van der Waals surface area contributed by atoms with E-state index in [1.54, 1.807) is 11.6 Å². The number of aromatic amines is 1. The first-order valence-electron chi connectivity index (χ1n) is 10.2. The minimum absolute atomic E-state index is 0.213. The van der Waals surface area contributed by atoms with Gasteiger partial charge in [-0.25, -0.2) is 9.50 Å². The summed E-state index contributed by atoms with van der Waals surface area (Å²) in [5.41, 5.74) is 6.69. The summed E-state index contributed by atoms with van der Waals surface area (Å²) in [5.74, 6) is 1.89. The second-order valence-electron chi connectivity index (χ2n) is 6.56. The number of imidazole rings is 1. The Morgan fingerprint density at radius 2 is 1.97 bits per heavy atom. The predicted octanol–water partition coefficient (Wildman–Crippen LogP) is 3.75. The van der Waals surface area contributed by atoms with Gasteiger partial charge in [-0.15, -0.1) is 5.10 Å². The smallest absolute Gasteiger partial charge is 0.277 e. The van der Waals surface area contributed by atoms with Crippen LogP contribution in [0.4, 0.5) is 0 Å². The Kier molecular flexibility index (Phi) is 9.35. The fraction of sp³-hybridized carbons (Fsp3) is 0.476. The molecule has 3 N–H and O–H groups in total. The van der Waals surface area contributed by atoms with E-state index in [0.29, 0.717) is 35.0 Å². The predicted molar refractivity (Wildman–Crippen MR) is 121 cm³/mol. The highest BCUT2D eigenvalue weighted by Crippen LogP contribution is 2.32. The van der Waals surface area contributed by atoms with E-state index in [1.807, 2.05) is 32.0 Å². The third-order valence-corrected chi connectivity index (χ3v) is 4.80. The van der Waals surface area contributed by atoms with E-state index in [-0.39, 0.29) is 5.56 Å². The molecule has 0 spiro atoms. The molecule has 3 rings (SSSR count). The van der Waals surface area contributed by atoms with E-state index in [9.17, 15) is 4.79 Å². The number of nitrogens with one attached hydrogen (secondary N) is 1. The zero-order valence-corrected chi connectivity index (χ0v) is 19.1. The minimum atomic E-state index is -0.213. The van der Waals surface area contributed by atoms with Gasteiger partial charge in [0.15, 0.2) is 11.3 Å². The van der Waals surface area contributed by atoms with Crippen molar-refractivity contribution in [2.45, 2.75) is 51.9 Å². The van der Waals surface area contributed by atoms with Crippen molar-refractivity contribution in [3.8, 4) is 17.1 Å². The molecule has 0 aliphatic rings. The minimum Gasteiger partial charge on any atom is -0.493 e. The van der Waals surface area contributed by atoms with E-state index >= 15 is 0 Å². The molecular formula is C21H31N5O3S. The molecule has 0 radical (unpaired) electrons. The first-order chi connectivity index (χ1) is 14.5. The van der Waals surface area contributed by atoms with Gasteiger partial charge in [0.05, 0.1) is 25.0 Å². The van der Waals surface area contributed by atoms with Gasteiger partial charge in [-0.3, -0.25) is 4.79 Å². The van der Waals surface area contributed by atoms with Gasteiger partial charge >= 0.3 is 0 Å². The number of hydrogen-bond donors (Lipinski definition) is 2. The summed E-state index contributed by atoms with van der Waals surface area (Å²) in [7, 11) is 1.61. The van der Waals surface area contributed by atoms with Crippen LogP contribution in [0.1, 0.15) is 45.1 Å². The van der Waals surface area contributed by atoms with Crippen molar-refractivity contribution in [2.75, 3.05) is 20.3 Å². The number of fused-ring (bicyclic) bond motifs is 1. The largest absolute Gasteiger partial charge is 0.493 e. The average molecular weight is 434 g/mol. The molecule has 8 nitrogen and oxygen atoms in total. The van der Waals surface area contributed by atoms with Crippen LogP contribution < -0.4 is 16.0 Å². The van der Waals surface area contributed by atoms with Crippen molar-refractivity contribution >= 4 is 17.6 Å². The molecule has 0 saturated heterocycles. The second kappa shape index (κ2) is 11.7. The molecule has 2 aromatic heterocycles. The van der Waals surface area contributed by atoms with Gasteiger partial charge in [0.1, 0.15) is 11.6 Å². The Balaban J connectivity index is 0.000000735. The molecule has 3 aromatic rings. The van der Waals surface area contributed by atoms with Crippen molar-refractivity contribution in [1.82, 2.24) is 19.6 Å². The summed E-state index contributed by atoms with van der Waals surface area (Å²) in [5, 5.41) is 4.66. The molecule has 0 unspecified atom stereocenters. The maximum absolute atomic E-state index is 12.7. The fourth-order valence-corrected chi connectivity index (χ4v) is 3.35. The molecule has 0 bridgehead atoms. The Morgan fingerprint density at radius 1 is 1.23 bits per heavy atom. The lowest BCUT2D eigenvalue weighted by molar-refractivity contribution is 0.341. The molecular weight excluding hydrogens is 402 g/mol. The third kappa shape index (κ3) is 5.62. The number of ether oxygens (including phenoxy) is 1. The number of hydrogen-bond acceptors (Lipinski definition) is 7. The number of benzene rings is 1. The lowest BCUT2D eigenvalue weighted by Crippen LogP contribution is -2.16. The van der Waals surface area contributed by atoms with Gasteiger partial charge < -0.3 is 19.6 Å². The van der Waals surface area contributed by atoms with Gasteiger partial charge in [-0.1, -0.05) is 13.8 Å². The van der Waals surface area contributed by atoms with E-state index in [0.717, 1.165) is 36.5 Å². The van der Waals surface area contributed by atoms with Crippen LogP contribution >= 0.6 is 12.0 Å². The topological polar surface area (TPSA) is 108 Å². The van der Waals surface area contributed by atoms with E-state index in [2.05, 4.69) is 28.9 Å². The van der Waals surface area contributed by atoms with Gasteiger partial charge in [0.2, 0.25) is 0 Å². The summed E-state index contributed by atoms with van der Waals surface area (Å²) in [4.78, 5) is 20.9. The fourth-order valence-electron chi connectivity index (χ4n) is 2.87. The molecule has 2 heterocycles. The summed E-state index contributed by atoms with van der Waals surface area (Å²) in [6, 6.07) is 5.66. The summed E-state index contributed by atoms with van der Waals surface area (Å²) in [6.07, 6.45) is 2.77. The van der Waals surface area contributed by atoms with Crippen molar-refractivity contribution in [3.63, 3.8) is 0 Å². The normalized spacial score (nSPS) is 10.7. The van der Waals surface area contributed by atoms with Crippen LogP contribution in [0.25, 0.3) is 16.9 Å². The Bertz CT molecular complexity index is 1010. The Morgan fingerprint density at radius 3 is 2.57 bits per heavy atom. The van der Waals surface area contributed by atoms with Crippen molar-refractivity contribution in [1.29, 1.82) is 0 Å². The van der Waals surface area contributed by atoms with Gasteiger partial charge in [0.25, 0.3) is 5.56 Å². The number of aromatic nitrogens is 4. The monoisotopic (exact) mass is 433 g/mol. The SMILES string of the molecule is CCCN.CCCc1nc(C)c2c(=O)[nH]c(-c3cc(SOC)ccc3OCC)nn12. The number of H-pyrrole nitrogens is 1. The van der Waals surface area contributed by atoms with E-state index < -0.39 is 0 Å². The van der Waals surface area contributed by atoms with Crippen molar-refractivity contribution in [3.05, 3.63) is 40.1 Å². The number of nitrogens with zero attached hydrogens (tertiary/aromatic N) is 3. The lowest BCUT2D eigenvalue weighted by Gasteiger charge is -2.11. The lowest BCUT2D eigenvalue weighted by atomic mass is 10.2. The maximum atomic E-state index is 12.7. The van der Waals surface area contributed by atoms with Crippen molar-refractivity contribution in [2.24, 2.45) is 5.73 Å². The summed E-state index contributed by atoms with van der Waals surface area (Å²) < 4.78 is 12.5. The van der Waals surface area contributed by atoms with Gasteiger partial charge in [0, 0.05) is 23.4 Å². The highest BCUT2D eigenvalue weighted by Gasteiger charge is 2.17. The van der Waals surface area contributed by atoms with Crippen LogP contribution in [0.2, 0.25) is 0 Å². The Labute approximate surface area is 181 Å². The van der Waals surface area contributed by atoms with E-state index in [1.165, 1.54) is 12.0 Å².